The summed E-state index contributed by atoms with van der Waals surface area (Å²) >= 11 is 0. The van der Waals surface area contributed by atoms with Gasteiger partial charge in [0.1, 0.15) is 0 Å². The zero-order valence-electron chi connectivity index (χ0n) is 10.3. The summed E-state index contributed by atoms with van der Waals surface area (Å²) in [5.74, 6) is 0. The Bertz CT molecular complexity index is 408. The third kappa shape index (κ3) is 2.38. The first-order valence-corrected chi connectivity index (χ1v) is 5.42. The van der Waals surface area contributed by atoms with Crippen molar-refractivity contribution in [1.29, 1.82) is 0 Å². The van der Waals surface area contributed by atoms with E-state index in [1.807, 2.05) is 0 Å². The summed E-state index contributed by atoms with van der Waals surface area (Å²) in [4.78, 5) is 0. The summed E-state index contributed by atoms with van der Waals surface area (Å²) in [5, 5.41) is 0. The zero-order chi connectivity index (χ0) is 11.6. The number of benzene rings is 1. The van der Waals surface area contributed by atoms with Crippen LogP contribution < -0.4 is 0 Å². The minimum atomic E-state index is 1.000. The van der Waals surface area contributed by atoms with E-state index >= 15 is 0 Å². The largest absolute Gasteiger partial charge is 0.0955 e. The van der Waals surface area contributed by atoms with E-state index in [9.17, 15) is 0 Å². The van der Waals surface area contributed by atoms with Crippen molar-refractivity contribution in [3.63, 3.8) is 0 Å². The monoisotopic (exact) mass is 200 g/mol. The number of hydrogen-bond acceptors (Lipinski definition) is 0. The lowest BCUT2D eigenvalue weighted by Gasteiger charge is -2.13. The van der Waals surface area contributed by atoms with Crippen molar-refractivity contribution in [1.82, 2.24) is 0 Å². The van der Waals surface area contributed by atoms with Crippen LogP contribution in [-0.2, 0) is 0 Å². The Balaban J connectivity index is 3.36. The summed E-state index contributed by atoms with van der Waals surface area (Å²) in [6.07, 6.45) is 1.000. The first-order valence-electron chi connectivity index (χ1n) is 5.42. The van der Waals surface area contributed by atoms with Crippen molar-refractivity contribution >= 4 is 11.1 Å². The molecule has 0 fully saturated rings. The predicted molar refractivity (Wildman–Crippen MR) is 69.9 cm³/mol. The van der Waals surface area contributed by atoms with Crippen LogP contribution in [0, 0.1) is 13.8 Å². The minimum Gasteiger partial charge on any atom is -0.0955 e. The topological polar surface area (TPSA) is 0 Å². The molecular weight excluding hydrogens is 180 g/mol. The molecule has 0 saturated carbocycles. The Morgan fingerprint density at radius 1 is 1.07 bits per heavy atom. The van der Waals surface area contributed by atoms with E-state index in [1.165, 1.54) is 27.8 Å². The fraction of sp³-hybridized carbons (Fsp3) is 0.333. The molecular formula is C15H20. The highest BCUT2D eigenvalue weighted by molar-refractivity contribution is 5.73. The molecule has 0 N–H and O–H groups in total. The normalized spacial score (nSPS) is 10.1. The molecule has 0 bridgehead atoms. The number of aryl methyl sites for hydroxylation is 2. The van der Waals surface area contributed by atoms with Crippen molar-refractivity contribution in [3.8, 4) is 0 Å². The van der Waals surface area contributed by atoms with E-state index in [2.05, 4.69) is 53.0 Å². The quantitative estimate of drug-likeness (QED) is 0.660. The summed E-state index contributed by atoms with van der Waals surface area (Å²) < 4.78 is 0. The molecule has 0 heteroatoms. The molecule has 0 amide bonds. The molecule has 0 aliphatic carbocycles. The van der Waals surface area contributed by atoms with Crippen molar-refractivity contribution < 1.29 is 0 Å². The lowest BCUT2D eigenvalue weighted by atomic mass is 9.92. The van der Waals surface area contributed by atoms with Crippen LogP contribution in [0.3, 0.4) is 0 Å². The second kappa shape index (κ2) is 4.48. The van der Waals surface area contributed by atoms with E-state index in [0.29, 0.717) is 0 Å². The third-order valence-electron chi connectivity index (χ3n) is 2.84. The second-order valence-corrected chi connectivity index (χ2v) is 4.22. The first kappa shape index (κ1) is 11.8. The molecule has 0 aliphatic rings. The minimum absolute atomic E-state index is 1.000. The van der Waals surface area contributed by atoms with Gasteiger partial charge in [-0.3, -0.25) is 0 Å². The molecule has 0 unspecified atom stereocenters. The van der Waals surface area contributed by atoms with Crippen LogP contribution in [0.15, 0.2) is 25.3 Å². The molecule has 0 radical (unpaired) electrons. The van der Waals surface area contributed by atoms with Crippen LogP contribution in [0.2, 0.25) is 0 Å². The van der Waals surface area contributed by atoms with E-state index < -0.39 is 0 Å². The van der Waals surface area contributed by atoms with E-state index in [-0.39, 0.29) is 0 Å². The predicted octanol–water partition coefficient (Wildman–Crippen LogP) is 4.76. The number of allylic oxidation sites excluding steroid dienone is 2. The molecule has 0 heterocycles. The van der Waals surface area contributed by atoms with Crippen LogP contribution in [0.5, 0.6) is 0 Å². The molecule has 1 aromatic carbocycles. The fourth-order valence-electron chi connectivity index (χ4n) is 1.88. The Kier molecular flexibility index (Phi) is 3.52. The molecule has 0 spiro atoms. The SMILES string of the molecule is C=C(C)c1cc(C(=C)CC)c(C)cc1C. The van der Waals surface area contributed by atoms with Crippen molar-refractivity contribution in [2.45, 2.75) is 34.1 Å². The molecule has 0 saturated heterocycles. The van der Waals surface area contributed by atoms with E-state index in [1.54, 1.807) is 0 Å². The molecule has 0 aromatic heterocycles. The first-order chi connectivity index (χ1) is 6.97. The fourth-order valence-corrected chi connectivity index (χ4v) is 1.88. The van der Waals surface area contributed by atoms with Crippen LogP contribution in [0.1, 0.15) is 42.5 Å². The van der Waals surface area contributed by atoms with Gasteiger partial charge in [-0.2, -0.15) is 0 Å². The molecule has 80 valence electrons. The van der Waals surface area contributed by atoms with E-state index in [0.717, 1.165) is 12.0 Å². The van der Waals surface area contributed by atoms with Crippen LogP contribution in [-0.4, -0.2) is 0 Å². The van der Waals surface area contributed by atoms with Crippen molar-refractivity contribution in [3.05, 3.63) is 47.5 Å². The Hall–Kier alpha value is -1.30. The van der Waals surface area contributed by atoms with Gasteiger partial charge < -0.3 is 0 Å². The number of rotatable bonds is 3. The van der Waals surface area contributed by atoms with Gasteiger partial charge in [-0.25, -0.2) is 0 Å². The molecule has 0 nitrogen and oxygen atoms in total. The lowest BCUT2D eigenvalue weighted by Crippen LogP contribution is -1.93. The highest BCUT2D eigenvalue weighted by Crippen LogP contribution is 2.26. The maximum atomic E-state index is 4.10. The highest BCUT2D eigenvalue weighted by atomic mass is 14.1. The van der Waals surface area contributed by atoms with Crippen molar-refractivity contribution in [2.24, 2.45) is 0 Å². The van der Waals surface area contributed by atoms with Crippen LogP contribution in [0.4, 0.5) is 0 Å². The molecule has 1 rings (SSSR count). The highest BCUT2D eigenvalue weighted by Gasteiger charge is 2.06. The summed E-state index contributed by atoms with van der Waals surface area (Å²) in [6.45, 7) is 16.6. The Morgan fingerprint density at radius 2 is 1.60 bits per heavy atom. The van der Waals surface area contributed by atoms with Crippen LogP contribution >= 0.6 is 0 Å². The molecule has 0 aliphatic heterocycles. The van der Waals surface area contributed by atoms with Gasteiger partial charge in [0.25, 0.3) is 0 Å². The van der Waals surface area contributed by atoms with Gasteiger partial charge in [-0.05, 0) is 61.1 Å². The zero-order valence-corrected chi connectivity index (χ0v) is 10.3. The van der Waals surface area contributed by atoms with Gasteiger partial charge in [0.15, 0.2) is 0 Å². The summed E-state index contributed by atoms with van der Waals surface area (Å²) in [5.41, 5.74) is 7.47. The van der Waals surface area contributed by atoms with E-state index in [4.69, 9.17) is 0 Å². The van der Waals surface area contributed by atoms with Gasteiger partial charge >= 0.3 is 0 Å². The van der Waals surface area contributed by atoms with Gasteiger partial charge in [-0.1, -0.05) is 31.7 Å². The second-order valence-electron chi connectivity index (χ2n) is 4.22. The Labute approximate surface area is 93.3 Å². The summed E-state index contributed by atoms with van der Waals surface area (Å²) in [7, 11) is 0. The molecule has 15 heavy (non-hydrogen) atoms. The van der Waals surface area contributed by atoms with Crippen molar-refractivity contribution in [2.75, 3.05) is 0 Å². The average molecular weight is 200 g/mol. The van der Waals surface area contributed by atoms with Gasteiger partial charge in [0, 0.05) is 0 Å². The standard InChI is InChI=1S/C15H20/c1-7-11(4)15-9-14(10(2)3)12(5)8-13(15)6/h8-9H,2,4,7H2,1,3,5-6H3. The maximum Gasteiger partial charge on any atom is -0.0195 e. The van der Waals surface area contributed by atoms with Gasteiger partial charge in [0.05, 0.1) is 0 Å². The van der Waals surface area contributed by atoms with Crippen LogP contribution in [0.25, 0.3) is 11.1 Å². The van der Waals surface area contributed by atoms with Gasteiger partial charge in [-0.15, -0.1) is 0 Å². The molecule has 0 atom stereocenters. The average Bonchev–Trinajstić information content (AvgIpc) is 2.16. The number of hydrogen-bond donors (Lipinski definition) is 0. The molecule has 1 aromatic rings. The lowest BCUT2D eigenvalue weighted by molar-refractivity contribution is 1.22. The Morgan fingerprint density at radius 3 is 2.07 bits per heavy atom. The third-order valence-corrected chi connectivity index (χ3v) is 2.84. The summed E-state index contributed by atoms with van der Waals surface area (Å²) in [6, 6.07) is 4.44. The van der Waals surface area contributed by atoms with Gasteiger partial charge in [0.2, 0.25) is 0 Å². The maximum absolute atomic E-state index is 4.10. The smallest absolute Gasteiger partial charge is 0.0195 e.